The molecule has 2 aliphatic rings. The Morgan fingerprint density at radius 3 is 2.77 bits per heavy atom. The van der Waals surface area contributed by atoms with Crippen LogP contribution in [0.1, 0.15) is 56.4 Å². The van der Waals surface area contributed by atoms with Crippen molar-refractivity contribution in [2.75, 3.05) is 25.0 Å². The third-order valence-electron chi connectivity index (χ3n) is 4.43. The lowest BCUT2D eigenvalue weighted by atomic mass is 10.1. The Hall–Kier alpha value is -1.56. The molecule has 2 N–H and O–H groups in total. The summed E-state index contributed by atoms with van der Waals surface area (Å²) in [6, 6.07) is -0.0413. The molecule has 0 spiro atoms. The van der Waals surface area contributed by atoms with Gasteiger partial charge in [-0.3, -0.25) is 0 Å². The minimum Gasteiger partial charge on any atom is -0.359 e. The van der Waals surface area contributed by atoms with E-state index in [4.69, 9.17) is 4.52 Å². The summed E-state index contributed by atoms with van der Waals surface area (Å²) < 4.78 is 5.35. The van der Waals surface area contributed by atoms with Gasteiger partial charge in [-0.15, -0.1) is 0 Å². The van der Waals surface area contributed by atoms with Crippen LogP contribution in [0.5, 0.6) is 0 Å². The summed E-state index contributed by atoms with van der Waals surface area (Å²) in [5.41, 5.74) is 1.51. The molecular formula is C16H26N4O2. The monoisotopic (exact) mass is 306 g/mol. The highest BCUT2D eigenvalue weighted by Crippen LogP contribution is 2.44. The van der Waals surface area contributed by atoms with Crippen LogP contribution in [0, 0.1) is 6.92 Å². The Kier molecular flexibility index (Phi) is 4.66. The fourth-order valence-corrected chi connectivity index (χ4v) is 3.11. The number of amides is 2. The van der Waals surface area contributed by atoms with Crippen LogP contribution in [0.25, 0.3) is 0 Å². The Morgan fingerprint density at radius 1 is 1.36 bits per heavy atom. The lowest BCUT2D eigenvalue weighted by Gasteiger charge is -2.29. The molecule has 1 aliphatic heterocycles. The number of piperidine rings is 1. The molecule has 0 bridgehead atoms. The van der Waals surface area contributed by atoms with Gasteiger partial charge < -0.3 is 20.1 Å². The lowest BCUT2D eigenvalue weighted by Crippen LogP contribution is -2.45. The minimum atomic E-state index is -0.169. The number of nitrogens with zero attached hydrogens (tertiary/aromatic N) is 2. The molecule has 1 saturated heterocycles. The molecule has 2 amide bonds. The van der Waals surface area contributed by atoms with E-state index in [1.165, 1.54) is 19.3 Å². The van der Waals surface area contributed by atoms with Gasteiger partial charge in [-0.2, -0.15) is 0 Å². The standard InChI is InChI=1S/C16H26N4O2/c1-11(10-20-8-4-3-5-9-20)17-16(21)18-14-12(2)19-22-15(14)13-6-7-13/h11,13H,3-10H2,1-2H3,(H2,17,18,21). The van der Waals surface area contributed by atoms with E-state index in [0.717, 1.165) is 49.6 Å². The van der Waals surface area contributed by atoms with E-state index in [2.05, 4.69) is 27.6 Å². The molecule has 0 aromatic carbocycles. The van der Waals surface area contributed by atoms with Gasteiger partial charge in [-0.25, -0.2) is 4.79 Å². The number of likely N-dealkylation sites (tertiary alicyclic amines) is 1. The normalized spacial score (nSPS) is 20.6. The second kappa shape index (κ2) is 6.69. The third kappa shape index (κ3) is 3.80. The van der Waals surface area contributed by atoms with Gasteiger partial charge in [0.15, 0.2) is 5.76 Å². The molecule has 1 atom stereocenters. The zero-order valence-corrected chi connectivity index (χ0v) is 13.5. The molecule has 1 aliphatic carbocycles. The van der Waals surface area contributed by atoms with Crippen molar-refractivity contribution in [3.63, 3.8) is 0 Å². The van der Waals surface area contributed by atoms with Gasteiger partial charge in [0, 0.05) is 18.5 Å². The van der Waals surface area contributed by atoms with Crippen LogP contribution >= 0.6 is 0 Å². The first-order valence-corrected chi connectivity index (χ1v) is 8.39. The van der Waals surface area contributed by atoms with E-state index in [9.17, 15) is 4.79 Å². The van der Waals surface area contributed by atoms with Crippen molar-refractivity contribution in [1.82, 2.24) is 15.4 Å². The fourth-order valence-electron chi connectivity index (χ4n) is 3.11. The first kappa shape index (κ1) is 15.3. The molecule has 6 nitrogen and oxygen atoms in total. The number of rotatable bonds is 5. The molecule has 1 unspecified atom stereocenters. The van der Waals surface area contributed by atoms with Gasteiger partial charge in [0.1, 0.15) is 11.4 Å². The molecule has 122 valence electrons. The summed E-state index contributed by atoms with van der Waals surface area (Å²) >= 11 is 0. The van der Waals surface area contributed by atoms with Gasteiger partial charge in [0.2, 0.25) is 0 Å². The molecule has 2 fully saturated rings. The van der Waals surface area contributed by atoms with Gasteiger partial charge in [-0.05, 0) is 52.6 Å². The summed E-state index contributed by atoms with van der Waals surface area (Å²) in [6.45, 7) is 7.11. The van der Waals surface area contributed by atoms with Crippen LogP contribution < -0.4 is 10.6 Å². The first-order chi connectivity index (χ1) is 10.6. The summed E-state index contributed by atoms with van der Waals surface area (Å²) in [4.78, 5) is 14.6. The third-order valence-corrected chi connectivity index (χ3v) is 4.43. The second-order valence-electron chi connectivity index (χ2n) is 6.64. The Morgan fingerprint density at radius 2 is 2.09 bits per heavy atom. The topological polar surface area (TPSA) is 70.4 Å². The van der Waals surface area contributed by atoms with Gasteiger partial charge in [0.05, 0.1) is 0 Å². The summed E-state index contributed by atoms with van der Waals surface area (Å²) in [6.07, 6.45) is 6.11. The van der Waals surface area contributed by atoms with Gasteiger partial charge in [0.25, 0.3) is 0 Å². The smallest absolute Gasteiger partial charge is 0.319 e. The van der Waals surface area contributed by atoms with Crippen LogP contribution in [0.4, 0.5) is 10.5 Å². The molecule has 2 heterocycles. The number of aryl methyl sites for hydroxylation is 1. The average molecular weight is 306 g/mol. The Labute approximate surface area is 131 Å². The highest BCUT2D eigenvalue weighted by Gasteiger charge is 2.32. The highest BCUT2D eigenvalue weighted by atomic mass is 16.5. The highest BCUT2D eigenvalue weighted by molar-refractivity contribution is 5.90. The van der Waals surface area contributed by atoms with Crippen LogP contribution in [0.2, 0.25) is 0 Å². The zero-order valence-electron chi connectivity index (χ0n) is 13.5. The maximum Gasteiger partial charge on any atom is 0.319 e. The quantitative estimate of drug-likeness (QED) is 0.877. The summed E-state index contributed by atoms with van der Waals surface area (Å²) in [5, 5.41) is 9.92. The maximum absolute atomic E-state index is 12.2. The molecule has 6 heteroatoms. The van der Waals surface area contributed by atoms with Gasteiger partial charge in [-0.1, -0.05) is 11.6 Å². The molecule has 1 aromatic rings. The maximum atomic E-state index is 12.2. The molecule has 3 rings (SSSR count). The summed E-state index contributed by atoms with van der Waals surface area (Å²) in [7, 11) is 0. The van der Waals surface area contributed by atoms with E-state index < -0.39 is 0 Å². The number of aromatic nitrogens is 1. The predicted octanol–water partition coefficient (Wildman–Crippen LogP) is 2.86. The largest absolute Gasteiger partial charge is 0.359 e. The SMILES string of the molecule is Cc1noc(C2CC2)c1NC(=O)NC(C)CN1CCCCC1. The van der Waals surface area contributed by atoms with Crippen molar-refractivity contribution in [1.29, 1.82) is 0 Å². The number of urea groups is 1. The van der Waals surface area contributed by atoms with Crippen molar-refractivity contribution < 1.29 is 9.32 Å². The second-order valence-corrected chi connectivity index (χ2v) is 6.64. The Bertz CT molecular complexity index is 518. The summed E-state index contributed by atoms with van der Waals surface area (Å²) in [5.74, 6) is 1.26. The van der Waals surface area contributed by atoms with Crippen molar-refractivity contribution in [2.45, 2.75) is 57.9 Å². The van der Waals surface area contributed by atoms with E-state index in [0.29, 0.717) is 5.92 Å². The van der Waals surface area contributed by atoms with Crippen molar-refractivity contribution in [2.24, 2.45) is 0 Å². The van der Waals surface area contributed by atoms with Crippen LogP contribution in [-0.4, -0.2) is 41.8 Å². The molecule has 0 radical (unpaired) electrons. The minimum absolute atomic E-state index is 0.127. The van der Waals surface area contributed by atoms with E-state index >= 15 is 0 Å². The number of carbonyl (C=O) groups is 1. The van der Waals surface area contributed by atoms with Crippen LogP contribution in [-0.2, 0) is 0 Å². The number of anilines is 1. The number of carbonyl (C=O) groups excluding carboxylic acids is 1. The lowest BCUT2D eigenvalue weighted by molar-refractivity contribution is 0.206. The van der Waals surface area contributed by atoms with Crippen molar-refractivity contribution in [3.05, 3.63) is 11.5 Å². The number of nitrogens with one attached hydrogen (secondary N) is 2. The predicted molar refractivity (Wildman–Crippen MR) is 85.1 cm³/mol. The van der Waals surface area contributed by atoms with Crippen LogP contribution in [0.3, 0.4) is 0 Å². The molecule has 1 aromatic heterocycles. The fraction of sp³-hybridized carbons (Fsp3) is 0.750. The van der Waals surface area contributed by atoms with Crippen molar-refractivity contribution >= 4 is 11.7 Å². The Balaban J connectivity index is 1.50. The average Bonchev–Trinajstić information content (AvgIpc) is 3.26. The molecule has 22 heavy (non-hydrogen) atoms. The number of hydrogen-bond donors (Lipinski definition) is 2. The molecular weight excluding hydrogens is 280 g/mol. The zero-order chi connectivity index (χ0) is 15.5. The van der Waals surface area contributed by atoms with E-state index in [1.807, 2.05) is 6.92 Å². The van der Waals surface area contributed by atoms with Crippen molar-refractivity contribution in [3.8, 4) is 0 Å². The van der Waals surface area contributed by atoms with Gasteiger partial charge >= 0.3 is 6.03 Å². The van der Waals surface area contributed by atoms with Crippen LogP contribution in [0.15, 0.2) is 4.52 Å². The van der Waals surface area contributed by atoms with E-state index in [1.54, 1.807) is 0 Å². The molecule has 1 saturated carbocycles. The number of hydrogen-bond acceptors (Lipinski definition) is 4. The first-order valence-electron chi connectivity index (χ1n) is 8.39. The van der Waals surface area contributed by atoms with E-state index in [-0.39, 0.29) is 12.1 Å².